The fraction of sp³-hybridized carbons (Fsp3) is 0.364. The number of hydrogen-bond acceptors (Lipinski definition) is 1. The number of rotatable bonds is 4. The summed E-state index contributed by atoms with van der Waals surface area (Å²) < 4.78 is 25.5. The van der Waals surface area contributed by atoms with Gasteiger partial charge in [0.25, 0.3) is 0 Å². The van der Waals surface area contributed by atoms with Crippen LogP contribution in [0.5, 0.6) is 0 Å². The van der Waals surface area contributed by atoms with Crippen LogP contribution in [0, 0.1) is 17.6 Å². The van der Waals surface area contributed by atoms with Gasteiger partial charge in [-0.3, -0.25) is 4.79 Å². The smallest absolute Gasteiger partial charge is 0.306 e. The first-order chi connectivity index (χ1) is 6.99. The van der Waals surface area contributed by atoms with Crippen molar-refractivity contribution in [2.24, 2.45) is 5.92 Å². The van der Waals surface area contributed by atoms with Crippen LogP contribution in [0.25, 0.3) is 0 Å². The highest BCUT2D eigenvalue weighted by molar-refractivity contribution is 5.69. The van der Waals surface area contributed by atoms with E-state index in [1.165, 1.54) is 12.1 Å². The van der Waals surface area contributed by atoms with Crippen molar-refractivity contribution in [3.8, 4) is 0 Å². The van der Waals surface area contributed by atoms with Gasteiger partial charge in [0.1, 0.15) is 11.6 Å². The molecule has 0 saturated carbocycles. The second-order valence-electron chi connectivity index (χ2n) is 3.56. The lowest BCUT2D eigenvalue weighted by Gasteiger charge is -2.06. The molecular formula is C11H12F2O2. The molecule has 15 heavy (non-hydrogen) atoms. The molecular weight excluding hydrogens is 202 g/mol. The maximum atomic E-state index is 12.8. The van der Waals surface area contributed by atoms with Crippen molar-refractivity contribution in [1.82, 2.24) is 0 Å². The van der Waals surface area contributed by atoms with E-state index < -0.39 is 23.5 Å². The number of carbonyl (C=O) groups is 1. The van der Waals surface area contributed by atoms with Crippen LogP contribution in [0.4, 0.5) is 8.78 Å². The standard InChI is InChI=1S/C11H12F2O2/c1-7(11(14)15)2-3-8-4-9(12)6-10(13)5-8/h4-7H,2-3H2,1H3,(H,14,15). The van der Waals surface area contributed by atoms with Gasteiger partial charge in [0, 0.05) is 6.07 Å². The van der Waals surface area contributed by atoms with E-state index in [0.29, 0.717) is 18.4 Å². The maximum absolute atomic E-state index is 12.8. The van der Waals surface area contributed by atoms with Crippen molar-refractivity contribution >= 4 is 5.97 Å². The van der Waals surface area contributed by atoms with E-state index in [4.69, 9.17) is 5.11 Å². The van der Waals surface area contributed by atoms with Crippen LogP contribution >= 0.6 is 0 Å². The van der Waals surface area contributed by atoms with Gasteiger partial charge in [-0.05, 0) is 30.5 Å². The van der Waals surface area contributed by atoms with E-state index in [1.807, 2.05) is 0 Å². The van der Waals surface area contributed by atoms with Crippen molar-refractivity contribution < 1.29 is 18.7 Å². The van der Waals surface area contributed by atoms with Crippen LogP contribution in [0.3, 0.4) is 0 Å². The normalized spacial score (nSPS) is 12.5. The second-order valence-corrected chi connectivity index (χ2v) is 3.56. The predicted octanol–water partition coefficient (Wildman–Crippen LogP) is 2.62. The minimum Gasteiger partial charge on any atom is -0.481 e. The Bertz CT molecular complexity index is 343. The van der Waals surface area contributed by atoms with Crippen LogP contribution in [0.1, 0.15) is 18.9 Å². The number of halogens is 2. The van der Waals surface area contributed by atoms with E-state index in [1.54, 1.807) is 6.92 Å². The maximum Gasteiger partial charge on any atom is 0.306 e. The van der Waals surface area contributed by atoms with E-state index in [2.05, 4.69) is 0 Å². The molecule has 0 spiro atoms. The molecule has 0 aromatic heterocycles. The third-order valence-corrected chi connectivity index (χ3v) is 2.21. The summed E-state index contributed by atoms with van der Waals surface area (Å²) in [6.07, 6.45) is 0.736. The van der Waals surface area contributed by atoms with Crippen molar-refractivity contribution in [3.05, 3.63) is 35.4 Å². The van der Waals surface area contributed by atoms with Crippen LogP contribution in [0.2, 0.25) is 0 Å². The first-order valence-electron chi connectivity index (χ1n) is 4.67. The third-order valence-electron chi connectivity index (χ3n) is 2.21. The molecule has 0 saturated heterocycles. The molecule has 82 valence electrons. The molecule has 1 atom stereocenters. The molecule has 1 N–H and O–H groups in total. The topological polar surface area (TPSA) is 37.3 Å². The second kappa shape index (κ2) is 4.87. The van der Waals surface area contributed by atoms with E-state index in [-0.39, 0.29) is 0 Å². The van der Waals surface area contributed by atoms with Gasteiger partial charge in [-0.25, -0.2) is 8.78 Å². The third kappa shape index (κ3) is 3.65. The van der Waals surface area contributed by atoms with Gasteiger partial charge in [-0.1, -0.05) is 6.92 Å². The molecule has 0 aliphatic rings. The van der Waals surface area contributed by atoms with Crippen LogP contribution in [-0.4, -0.2) is 11.1 Å². The molecule has 0 bridgehead atoms. The van der Waals surface area contributed by atoms with Crippen molar-refractivity contribution in [2.45, 2.75) is 19.8 Å². The lowest BCUT2D eigenvalue weighted by atomic mass is 10.0. The molecule has 0 amide bonds. The Kier molecular flexibility index (Phi) is 3.77. The molecule has 0 heterocycles. The summed E-state index contributed by atoms with van der Waals surface area (Å²) in [6, 6.07) is 3.24. The summed E-state index contributed by atoms with van der Waals surface area (Å²) in [4.78, 5) is 10.5. The molecule has 0 fully saturated rings. The van der Waals surface area contributed by atoms with Gasteiger partial charge in [0.15, 0.2) is 0 Å². The molecule has 1 rings (SSSR count). The summed E-state index contributed by atoms with van der Waals surface area (Å²) in [7, 11) is 0. The van der Waals surface area contributed by atoms with Gasteiger partial charge < -0.3 is 5.11 Å². The Morgan fingerprint density at radius 1 is 1.33 bits per heavy atom. The Balaban J connectivity index is 2.61. The van der Waals surface area contributed by atoms with E-state index in [0.717, 1.165) is 6.07 Å². The van der Waals surface area contributed by atoms with E-state index in [9.17, 15) is 13.6 Å². The van der Waals surface area contributed by atoms with Gasteiger partial charge in [-0.2, -0.15) is 0 Å². The van der Waals surface area contributed by atoms with Crippen molar-refractivity contribution in [2.75, 3.05) is 0 Å². The van der Waals surface area contributed by atoms with Crippen LogP contribution in [0.15, 0.2) is 18.2 Å². The van der Waals surface area contributed by atoms with Gasteiger partial charge in [0.2, 0.25) is 0 Å². The Hall–Kier alpha value is -1.45. The number of carboxylic acids is 1. The molecule has 2 nitrogen and oxygen atoms in total. The monoisotopic (exact) mass is 214 g/mol. The lowest BCUT2D eigenvalue weighted by Crippen LogP contribution is -2.10. The lowest BCUT2D eigenvalue weighted by molar-refractivity contribution is -0.141. The van der Waals surface area contributed by atoms with Gasteiger partial charge in [0.05, 0.1) is 5.92 Å². The highest BCUT2D eigenvalue weighted by atomic mass is 19.1. The predicted molar refractivity (Wildman–Crippen MR) is 51.5 cm³/mol. The Morgan fingerprint density at radius 3 is 2.33 bits per heavy atom. The molecule has 4 heteroatoms. The molecule has 1 aromatic rings. The SMILES string of the molecule is CC(CCc1cc(F)cc(F)c1)C(=O)O. The molecule has 1 aromatic carbocycles. The summed E-state index contributed by atoms with van der Waals surface area (Å²) in [6.45, 7) is 1.57. The quantitative estimate of drug-likeness (QED) is 0.836. The van der Waals surface area contributed by atoms with E-state index >= 15 is 0 Å². The fourth-order valence-corrected chi connectivity index (χ4v) is 1.26. The highest BCUT2D eigenvalue weighted by Gasteiger charge is 2.11. The average molecular weight is 214 g/mol. The summed E-state index contributed by atoms with van der Waals surface area (Å²) in [5.41, 5.74) is 0.487. The minimum atomic E-state index is -0.896. The number of aryl methyl sites for hydroxylation is 1. The van der Waals surface area contributed by atoms with Gasteiger partial charge >= 0.3 is 5.97 Å². The number of hydrogen-bond donors (Lipinski definition) is 1. The average Bonchev–Trinajstić information content (AvgIpc) is 2.12. The minimum absolute atomic E-state index is 0.363. The largest absolute Gasteiger partial charge is 0.481 e. The number of aliphatic carboxylic acids is 1. The molecule has 0 aliphatic heterocycles. The molecule has 0 radical (unpaired) electrons. The summed E-state index contributed by atoms with van der Waals surface area (Å²) >= 11 is 0. The number of benzene rings is 1. The summed E-state index contributed by atoms with van der Waals surface area (Å²) in [5.74, 6) is -2.66. The first kappa shape index (κ1) is 11.6. The zero-order chi connectivity index (χ0) is 11.4. The first-order valence-corrected chi connectivity index (χ1v) is 4.67. The van der Waals surface area contributed by atoms with Crippen molar-refractivity contribution in [3.63, 3.8) is 0 Å². The zero-order valence-electron chi connectivity index (χ0n) is 8.34. The molecule has 0 aliphatic carbocycles. The molecule has 1 unspecified atom stereocenters. The number of carboxylic acid groups (broad SMARTS) is 1. The fourth-order valence-electron chi connectivity index (χ4n) is 1.26. The Labute approximate surface area is 86.5 Å². The zero-order valence-corrected chi connectivity index (χ0v) is 8.34. The van der Waals surface area contributed by atoms with Crippen molar-refractivity contribution in [1.29, 1.82) is 0 Å². The Morgan fingerprint density at radius 2 is 1.87 bits per heavy atom. The highest BCUT2D eigenvalue weighted by Crippen LogP contribution is 2.13. The van der Waals surface area contributed by atoms with Crippen LogP contribution in [-0.2, 0) is 11.2 Å². The summed E-state index contributed by atoms with van der Waals surface area (Å²) in [5, 5.41) is 8.62. The van der Waals surface area contributed by atoms with Gasteiger partial charge in [-0.15, -0.1) is 0 Å². The van der Waals surface area contributed by atoms with Crippen LogP contribution < -0.4 is 0 Å².